The van der Waals surface area contributed by atoms with Crippen LogP contribution in [-0.2, 0) is 11.3 Å². The maximum atomic E-state index is 10.4. The van der Waals surface area contributed by atoms with Gasteiger partial charge in [0.05, 0.1) is 12.5 Å². The number of rotatable bonds is 7. The fourth-order valence-electron chi connectivity index (χ4n) is 1.44. The van der Waals surface area contributed by atoms with E-state index < -0.39 is 5.97 Å². The van der Waals surface area contributed by atoms with E-state index in [1.54, 1.807) is 0 Å². The van der Waals surface area contributed by atoms with Gasteiger partial charge >= 0.3 is 5.97 Å². The maximum absolute atomic E-state index is 10.4. The van der Waals surface area contributed by atoms with Crippen LogP contribution in [0.5, 0.6) is 5.75 Å². The van der Waals surface area contributed by atoms with Gasteiger partial charge in [-0.1, -0.05) is 18.2 Å². The summed E-state index contributed by atoms with van der Waals surface area (Å²) in [5, 5.41) is 11.6. The minimum absolute atomic E-state index is 0.132. The van der Waals surface area contributed by atoms with E-state index in [2.05, 4.69) is 5.32 Å². The van der Waals surface area contributed by atoms with Gasteiger partial charge in [-0.25, -0.2) is 0 Å². The highest BCUT2D eigenvalue weighted by Gasteiger charge is 2.04. The quantitative estimate of drug-likeness (QED) is 0.712. The van der Waals surface area contributed by atoms with Gasteiger partial charge in [-0.2, -0.15) is 0 Å². The Bertz CT molecular complexity index is 363. The Morgan fingerprint density at radius 3 is 2.76 bits per heavy atom. The summed E-state index contributed by atoms with van der Waals surface area (Å²) < 4.78 is 5.67. The second-order valence-electron chi connectivity index (χ2n) is 4.09. The van der Waals surface area contributed by atoms with Gasteiger partial charge in [0, 0.05) is 18.7 Å². The van der Waals surface area contributed by atoms with Crippen molar-refractivity contribution in [2.45, 2.75) is 32.9 Å². The first kappa shape index (κ1) is 13.5. The predicted octanol–water partition coefficient (Wildman–Crippen LogP) is 2.04. The molecule has 0 aliphatic heterocycles. The number of ether oxygens (including phenoxy) is 1. The van der Waals surface area contributed by atoms with Crippen LogP contribution >= 0.6 is 0 Å². The van der Waals surface area contributed by atoms with Crippen LogP contribution in [0.2, 0.25) is 0 Å². The molecule has 0 saturated carbocycles. The largest absolute Gasteiger partial charge is 0.491 e. The average molecular weight is 237 g/mol. The number of hydrogen-bond acceptors (Lipinski definition) is 3. The standard InChI is InChI=1S/C13H19NO3/c1-10(2)17-12-6-4-3-5-11(12)9-14-8-7-13(15)16/h3-6,10,14H,7-9H2,1-2H3,(H,15,16). The summed E-state index contributed by atoms with van der Waals surface area (Å²) in [6.45, 7) is 5.05. The maximum Gasteiger partial charge on any atom is 0.304 e. The number of carbonyl (C=O) groups is 1. The van der Waals surface area contributed by atoms with Crippen LogP contribution in [-0.4, -0.2) is 23.7 Å². The van der Waals surface area contributed by atoms with Crippen molar-refractivity contribution >= 4 is 5.97 Å². The molecule has 0 heterocycles. The number of carboxylic acids is 1. The molecular formula is C13H19NO3. The fourth-order valence-corrected chi connectivity index (χ4v) is 1.44. The van der Waals surface area contributed by atoms with Gasteiger partial charge in [-0.05, 0) is 19.9 Å². The zero-order valence-corrected chi connectivity index (χ0v) is 10.3. The van der Waals surface area contributed by atoms with Gasteiger partial charge in [-0.3, -0.25) is 4.79 Å². The van der Waals surface area contributed by atoms with E-state index in [0.717, 1.165) is 11.3 Å². The number of nitrogens with one attached hydrogen (secondary N) is 1. The number of carboxylic acid groups (broad SMARTS) is 1. The van der Waals surface area contributed by atoms with Crippen molar-refractivity contribution in [3.63, 3.8) is 0 Å². The first-order valence-electron chi connectivity index (χ1n) is 5.76. The number of benzene rings is 1. The normalized spacial score (nSPS) is 10.5. The number of aliphatic carboxylic acids is 1. The van der Waals surface area contributed by atoms with Crippen LogP contribution in [0.1, 0.15) is 25.8 Å². The van der Waals surface area contributed by atoms with Crippen LogP contribution in [0.4, 0.5) is 0 Å². The summed E-state index contributed by atoms with van der Waals surface area (Å²) in [6, 6.07) is 7.78. The van der Waals surface area contributed by atoms with Gasteiger partial charge < -0.3 is 15.2 Å². The fraction of sp³-hybridized carbons (Fsp3) is 0.462. The Morgan fingerprint density at radius 1 is 1.41 bits per heavy atom. The molecule has 1 rings (SSSR count). The molecule has 4 nitrogen and oxygen atoms in total. The molecule has 4 heteroatoms. The molecule has 0 spiro atoms. The molecule has 17 heavy (non-hydrogen) atoms. The summed E-state index contributed by atoms with van der Waals surface area (Å²) in [6.07, 6.45) is 0.267. The first-order chi connectivity index (χ1) is 8.09. The third-order valence-electron chi connectivity index (χ3n) is 2.17. The lowest BCUT2D eigenvalue weighted by Gasteiger charge is -2.14. The third kappa shape index (κ3) is 5.36. The second kappa shape index (κ2) is 6.91. The van der Waals surface area contributed by atoms with Gasteiger partial charge in [-0.15, -0.1) is 0 Å². The topological polar surface area (TPSA) is 58.6 Å². The first-order valence-corrected chi connectivity index (χ1v) is 5.76. The lowest BCUT2D eigenvalue weighted by Crippen LogP contribution is -2.18. The molecule has 0 aliphatic rings. The van der Waals surface area contributed by atoms with Crippen LogP contribution in [0.15, 0.2) is 24.3 Å². The molecule has 2 N–H and O–H groups in total. The van der Waals surface area contributed by atoms with E-state index in [-0.39, 0.29) is 12.5 Å². The van der Waals surface area contributed by atoms with Crippen molar-refractivity contribution in [2.75, 3.05) is 6.54 Å². The summed E-state index contributed by atoms with van der Waals surface area (Å²) in [5.41, 5.74) is 1.05. The zero-order valence-electron chi connectivity index (χ0n) is 10.3. The van der Waals surface area contributed by atoms with E-state index in [0.29, 0.717) is 13.1 Å². The molecule has 1 aromatic carbocycles. The lowest BCUT2D eigenvalue weighted by molar-refractivity contribution is -0.136. The van der Waals surface area contributed by atoms with Gasteiger partial charge in [0.2, 0.25) is 0 Å². The molecule has 1 aromatic rings. The second-order valence-corrected chi connectivity index (χ2v) is 4.09. The Hall–Kier alpha value is -1.55. The molecule has 0 bridgehead atoms. The van der Waals surface area contributed by atoms with Crippen molar-refractivity contribution in [3.8, 4) is 5.75 Å². The monoisotopic (exact) mass is 237 g/mol. The van der Waals surface area contributed by atoms with E-state index in [1.807, 2.05) is 38.1 Å². The molecule has 0 saturated heterocycles. The molecule has 0 atom stereocenters. The molecule has 0 aromatic heterocycles. The molecule has 0 fully saturated rings. The highest BCUT2D eigenvalue weighted by molar-refractivity contribution is 5.66. The number of para-hydroxylation sites is 1. The Kier molecular flexibility index (Phi) is 5.49. The zero-order chi connectivity index (χ0) is 12.7. The van der Waals surface area contributed by atoms with E-state index in [9.17, 15) is 4.79 Å². The Balaban J connectivity index is 2.49. The third-order valence-corrected chi connectivity index (χ3v) is 2.17. The van der Waals surface area contributed by atoms with E-state index in [4.69, 9.17) is 9.84 Å². The molecular weight excluding hydrogens is 218 g/mol. The van der Waals surface area contributed by atoms with Crippen molar-refractivity contribution in [1.29, 1.82) is 0 Å². The predicted molar refractivity (Wildman–Crippen MR) is 66.2 cm³/mol. The lowest BCUT2D eigenvalue weighted by atomic mass is 10.2. The van der Waals surface area contributed by atoms with Crippen molar-refractivity contribution in [2.24, 2.45) is 0 Å². The Labute approximate surface area is 102 Å². The van der Waals surface area contributed by atoms with Gasteiger partial charge in [0.1, 0.15) is 5.75 Å². The highest BCUT2D eigenvalue weighted by Crippen LogP contribution is 2.18. The molecule has 0 unspecified atom stereocenters. The van der Waals surface area contributed by atoms with Crippen LogP contribution < -0.4 is 10.1 Å². The highest BCUT2D eigenvalue weighted by atomic mass is 16.5. The summed E-state index contributed by atoms with van der Waals surface area (Å²) in [7, 11) is 0. The van der Waals surface area contributed by atoms with E-state index in [1.165, 1.54) is 0 Å². The summed E-state index contributed by atoms with van der Waals surface area (Å²) in [4.78, 5) is 10.4. The summed E-state index contributed by atoms with van der Waals surface area (Å²) >= 11 is 0. The molecule has 0 radical (unpaired) electrons. The minimum Gasteiger partial charge on any atom is -0.491 e. The van der Waals surface area contributed by atoms with Crippen molar-refractivity contribution in [3.05, 3.63) is 29.8 Å². The molecule has 0 amide bonds. The van der Waals surface area contributed by atoms with Crippen LogP contribution in [0.25, 0.3) is 0 Å². The minimum atomic E-state index is -0.788. The Morgan fingerprint density at radius 2 is 2.12 bits per heavy atom. The molecule has 94 valence electrons. The SMILES string of the molecule is CC(C)Oc1ccccc1CNCCC(=O)O. The van der Waals surface area contributed by atoms with Crippen molar-refractivity contribution < 1.29 is 14.6 Å². The van der Waals surface area contributed by atoms with Crippen LogP contribution in [0, 0.1) is 0 Å². The van der Waals surface area contributed by atoms with Crippen LogP contribution in [0.3, 0.4) is 0 Å². The average Bonchev–Trinajstić information content (AvgIpc) is 2.25. The van der Waals surface area contributed by atoms with Gasteiger partial charge in [0.25, 0.3) is 0 Å². The smallest absolute Gasteiger partial charge is 0.304 e. The molecule has 0 aliphatic carbocycles. The number of hydrogen-bond donors (Lipinski definition) is 2. The van der Waals surface area contributed by atoms with Crippen molar-refractivity contribution in [1.82, 2.24) is 5.32 Å². The van der Waals surface area contributed by atoms with E-state index >= 15 is 0 Å². The summed E-state index contributed by atoms with van der Waals surface area (Å²) in [5.74, 6) is 0.0644. The van der Waals surface area contributed by atoms with Gasteiger partial charge in [0.15, 0.2) is 0 Å².